The molecule has 1 aromatic rings. The molecule has 2 N–H and O–H groups in total. The van der Waals surface area contributed by atoms with Gasteiger partial charge in [-0.05, 0) is 37.8 Å². The molecule has 0 radical (unpaired) electrons. The summed E-state index contributed by atoms with van der Waals surface area (Å²) in [6.45, 7) is 8.01. The number of amides is 1. The molecule has 128 valence electrons. The molecule has 0 heterocycles. The van der Waals surface area contributed by atoms with Crippen molar-refractivity contribution in [1.29, 1.82) is 0 Å². The van der Waals surface area contributed by atoms with Crippen molar-refractivity contribution in [3.05, 3.63) is 29.8 Å². The first kappa shape index (κ1) is 19.0. The maximum atomic E-state index is 12.1. The maximum Gasteiger partial charge on any atom is 0.305 e. The van der Waals surface area contributed by atoms with Crippen molar-refractivity contribution in [3.8, 4) is 5.75 Å². The third-order valence-electron chi connectivity index (χ3n) is 4.12. The lowest BCUT2D eigenvalue weighted by molar-refractivity contribution is -0.139. The van der Waals surface area contributed by atoms with E-state index in [1.807, 2.05) is 45.0 Å². The fraction of sp³-hybridized carbons (Fsp3) is 0.556. The Morgan fingerprint density at radius 1 is 1.30 bits per heavy atom. The van der Waals surface area contributed by atoms with Crippen LogP contribution in [-0.2, 0) is 9.59 Å². The molecule has 1 aromatic carbocycles. The summed E-state index contributed by atoms with van der Waals surface area (Å²) in [6, 6.07) is 7.74. The minimum absolute atomic E-state index is 0.0331. The van der Waals surface area contributed by atoms with Crippen LogP contribution in [0.3, 0.4) is 0 Å². The van der Waals surface area contributed by atoms with Crippen molar-refractivity contribution in [2.45, 2.75) is 52.5 Å². The first-order chi connectivity index (χ1) is 10.7. The normalized spacial score (nSPS) is 13.4. The molecule has 0 aromatic heterocycles. The molecular formula is C18H27NO4. The number of carbonyl (C=O) groups excluding carboxylic acids is 1. The summed E-state index contributed by atoms with van der Waals surface area (Å²) >= 11 is 0. The monoisotopic (exact) mass is 321 g/mol. The van der Waals surface area contributed by atoms with Gasteiger partial charge in [0.2, 0.25) is 5.91 Å². The summed E-state index contributed by atoms with van der Waals surface area (Å²) in [6.07, 6.45) is 0.811. The third kappa shape index (κ3) is 6.30. The van der Waals surface area contributed by atoms with Crippen LogP contribution in [0.1, 0.15) is 45.6 Å². The number of hydrogen-bond donors (Lipinski definition) is 2. The van der Waals surface area contributed by atoms with E-state index in [-0.39, 0.29) is 18.2 Å². The van der Waals surface area contributed by atoms with Gasteiger partial charge in [0.15, 0.2) is 0 Å². The summed E-state index contributed by atoms with van der Waals surface area (Å²) in [7, 11) is 0. The number of para-hydroxylation sites is 1. The molecule has 1 rings (SSSR count). The molecule has 5 heteroatoms. The minimum Gasteiger partial charge on any atom is -0.493 e. The van der Waals surface area contributed by atoms with Crippen LogP contribution in [0.15, 0.2) is 24.3 Å². The Balaban J connectivity index is 2.41. The lowest BCUT2D eigenvalue weighted by Crippen LogP contribution is -2.51. The highest BCUT2D eigenvalue weighted by molar-refractivity contribution is 5.78. The lowest BCUT2D eigenvalue weighted by atomic mass is 9.85. The minimum atomic E-state index is -0.913. The number of aliphatic carboxylic acids is 1. The number of benzene rings is 1. The fourth-order valence-corrected chi connectivity index (χ4v) is 2.22. The molecule has 0 aliphatic carbocycles. The van der Waals surface area contributed by atoms with Crippen LogP contribution in [0.4, 0.5) is 0 Å². The van der Waals surface area contributed by atoms with Gasteiger partial charge in [0.05, 0.1) is 13.0 Å². The van der Waals surface area contributed by atoms with Crippen molar-refractivity contribution in [1.82, 2.24) is 5.32 Å². The largest absolute Gasteiger partial charge is 0.493 e. The Bertz CT molecular complexity index is 542. The van der Waals surface area contributed by atoms with Crippen LogP contribution in [0.2, 0.25) is 0 Å². The van der Waals surface area contributed by atoms with Gasteiger partial charge in [0, 0.05) is 12.0 Å². The molecular weight excluding hydrogens is 294 g/mol. The molecule has 0 fully saturated rings. The van der Waals surface area contributed by atoms with Gasteiger partial charge in [-0.15, -0.1) is 0 Å². The highest BCUT2D eigenvalue weighted by Crippen LogP contribution is 2.21. The standard InChI is InChI=1S/C18H27NO4/c1-13(2)18(4,12-17(21)22)19-16(20)10-7-11-23-15-9-6-5-8-14(15)3/h5-6,8-9,13H,7,10-12H2,1-4H3,(H,19,20)(H,21,22). The van der Waals surface area contributed by atoms with E-state index in [1.165, 1.54) is 0 Å². The predicted molar refractivity (Wildman–Crippen MR) is 89.5 cm³/mol. The van der Waals surface area contributed by atoms with Crippen molar-refractivity contribution < 1.29 is 19.4 Å². The molecule has 0 aliphatic heterocycles. The van der Waals surface area contributed by atoms with Crippen LogP contribution in [0.5, 0.6) is 5.75 Å². The zero-order chi connectivity index (χ0) is 17.5. The Hall–Kier alpha value is -2.04. The topological polar surface area (TPSA) is 75.6 Å². The average Bonchev–Trinajstić information content (AvgIpc) is 2.44. The molecule has 1 unspecified atom stereocenters. The Labute approximate surface area is 138 Å². The van der Waals surface area contributed by atoms with E-state index in [1.54, 1.807) is 6.92 Å². The number of hydrogen-bond acceptors (Lipinski definition) is 3. The molecule has 0 aliphatic rings. The molecule has 1 atom stereocenters. The third-order valence-corrected chi connectivity index (χ3v) is 4.12. The number of carboxylic acid groups (broad SMARTS) is 1. The van der Waals surface area contributed by atoms with Crippen LogP contribution in [0, 0.1) is 12.8 Å². The van der Waals surface area contributed by atoms with Gasteiger partial charge in [-0.25, -0.2) is 0 Å². The van der Waals surface area contributed by atoms with Gasteiger partial charge in [-0.1, -0.05) is 32.0 Å². The summed E-state index contributed by atoms with van der Waals surface area (Å²) in [5.74, 6) is -0.197. The van der Waals surface area contributed by atoms with E-state index >= 15 is 0 Å². The highest BCUT2D eigenvalue weighted by atomic mass is 16.5. The van der Waals surface area contributed by atoms with Gasteiger partial charge in [-0.2, -0.15) is 0 Å². The molecule has 23 heavy (non-hydrogen) atoms. The van der Waals surface area contributed by atoms with E-state index in [9.17, 15) is 9.59 Å². The summed E-state index contributed by atoms with van der Waals surface area (Å²) < 4.78 is 5.66. The van der Waals surface area contributed by atoms with E-state index in [0.29, 0.717) is 19.4 Å². The Kier molecular flexibility index (Phi) is 7.07. The Morgan fingerprint density at radius 2 is 1.96 bits per heavy atom. The van der Waals surface area contributed by atoms with Crippen molar-refractivity contribution in [3.63, 3.8) is 0 Å². The average molecular weight is 321 g/mol. The van der Waals surface area contributed by atoms with Crippen molar-refractivity contribution >= 4 is 11.9 Å². The van der Waals surface area contributed by atoms with Crippen LogP contribution in [0.25, 0.3) is 0 Å². The molecule has 5 nitrogen and oxygen atoms in total. The van der Waals surface area contributed by atoms with E-state index in [4.69, 9.17) is 9.84 Å². The summed E-state index contributed by atoms with van der Waals surface area (Å²) in [5.41, 5.74) is 0.325. The van der Waals surface area contributed by atoms with Gasteiger partial charge in [0.25, 0.3) is 0 Å². The number of carboxylic acids is 1. The van der Waals surface area contributed by atoms with Gasteiger partial charge < -0.3 is 15.2 Å². The zero-order valence-electron chi connectivity index (χ0n) is 14.4. The first-order valence-electron chi connectivity index (χ1n) is 7.96. The van der Waals surface area contributed by atoms with Crippen LogP contribution in [-0.4, -0.2) is 29.1 Å². The van der Waals surface area contributed by atoms with E-state index < -0.39 is 11.5 Å². The van der Waals surface area contributed by atoms with Gasteiger partial charge in [0.1, 0.15) is 5.75 Å². The van der Waals surface area contributed by atoms with Gasteiger partial charge >= 0.3 is 5.97 Å². The number of carbonyl (C=O) groups is 2. The summed E-state index contributed by atoms with van der Waals surface area (Å²) in [4.78, 5) is 23.0. The second kappa shape index (κ2) is 8.56. The molecule has 0 saturated carbocycles. The molecule has 1 amide bonds. The van der Waals surface area contributed by atoms with Gasteiger partial charge in [-0.3, -0.25) is 9.59 Å². The highest BCUT2D eigenvalue weighted by Gasteiger charge is 2.32. The Morgan fingerprint density at radius 3 is 2.52 bits per heavy atom. The second-order valence-corrected chi connectivity index (χ2v) is 6.41. The fourth-order valence-electron chi connectivity index (χ4n) is 2.22. The van der Waals surface area contributed by atoms with E-state index in [2.05, 4.69) is 5.32 Å². The van der Waals surface area contributed by atoms with E-state index in [0.717, 1.165) is 11.3 Å². The lowest BCUT2D eigenvalue weighted by Gasteiger charge is -2.33. The quantitative estimate of drug-likeness (QED) is 0.685. The maximum absolute atomic E-state index is 12.1. The predicted octanol–water partition coefficient (Wildman–Crippen LogP) is 3.16. The number of rotatable bonds is 9. The number of aryl methyl sites for hydroxylation is 1. The SMILES string of the molecule is Cc1ccccc1OCCCC(=O)NC(C)(CC(=O)O)C(C)C. The smallest absolute Gasteiger partial charge is 0.305 e. The number of nitrogens with one attached hydrogen (secondary N) is 1. The molecule has 0 saturated heterocycles. The first-order valence-corrected chi connectivity index (χ1v) is 7.96. The summed E-state index contributed by atoms with van der Waals surface area (Å²) in [5, 5.41) is 11.9. The molecule has 0 bridgehead atoms. The van der Waals surface area contributed by atoms with Crippen molar-refractivity contribution in [2.24, 2.45) is 5.92 Å². The zero-order valence-corrected chi connectivity index (χ0v) is 14.4. The second-order valence-electron chi connectivity index (χ2n) is 6.41. The van der Waals surface area contributed by atoms with Crippen LogP contribution < -0.4 is 10.1 Å². The number of ether oxygens (including phenoxy) is 1. The molecule has 0 spiro atoms. The van der Waals surface area contributed by atoms with Crippen molar-refractivity contribution in [2.75, 3.05) is 6.61 Å². The van der Waals surface area contributed by atoms with Crippen LogP contribution >= 0.6 is 0 Å².